The van der Waals surface area contributed by atoms with Crippen LogP contribution in [-0.2, 0) is 13.1 Å². The van der Waals surface area contributed by atoms with E-state index in [-0.39, 0.29) is 0 Å². The summed E-state index contributed by atoms with van der Waals surface area (Å²) in [6, 6.07) is 0.508. The Morgan fingerprint density at radius 2 is 2.27 bits per heavy atom. The zero-order chi connectivity index (χ0) is 11.4. The lowest BCUT2D eigenvalue weighted by Crippen LogP contribution is -2.22. The second-order valence-electron chi connectivity index (χ2n) is 4.41. The fraction of sp³-hybridized carbons (Fsp3) is 0.583. The van der Waals surface area contributed by atoms with Gasteiger partial charge in [-0.05, 0) is 13.8 Å². The SMILES string of the molecule is C=C(C)Cn1ncc(CNC(C)C)c1C. The zero-order valence-electron chi connectivity index (χ0n) is 10.2. The van der Waals surface area contributed by atoms with Gasteiger partial charge in [0.1, 0.15) is 0 Å². The minimum absolute atomic E-state index is 0.508. The molecule has 0 bridgehead atoms. The van der Waals surface area contributed by atoms with Crippen molar-refractivity contribution < 1.29 is 0 Å². The molecule has 0 atom stereocenters. The molecular weight excluding hydrogens is 186 g/mol. The van der Waals surface area contributed by atoms with E-state index in [2.05, 4.69) is 37.8 Å². The summed E-state index contributed by atoms with van der Waals surface area (Å²) in [4.78, 5) is 0. The van der Waals surface area contributed by atoms with Gasteiger partial charge in [-0.2, -0.15) is 5.10 Å². The highest BCUT2D eigenvalue weighted by molar-refractivity contribution is 5.16. The molecule has 0 aliphatic rings. The number of hydrogen-bond acceptors (Lipinski definition) is 2. The molecule has 1 rings (SSSR count). The van der Waals surface area contributed by atoms with E-state index in [1.54, 1.807) is 0 Å². The van der Waals surface area contributed by atoms with Gasteiger partial charge in [0.2, 0.25) is 0 Å². The molecule has 0 aliphatic heterocycles. The van der Waals surface area contributed by atoms with Crippen LogP contribution in [0.25, 0.3) is 0 Å². The van der Waals surface area contributed by atoms with Crippen LogP contribution in [0.3, 0.4) is 0 Å². The Morgan fingerprint density at radius 1 is 1.60 bits per heavy atom. The van der Waals surface area contributed by atoms with Crippen LogP contribution >= 0.6 is 0 Å². The van der Waals surface area contributed by atoms with Gasteiger partial charge in [0, 0.05) is 23.8 Å². The Kier molecular flexibility index (Phi) is 4.09. The van der Waals surface area contributed by atoms with Crippen molar-refractivity contribution in [2.45, 2.75) is 46.8 Å². The first-order valence-corrected chi connectivity index (χ1v) is 5.39. The molecule has 3 heteroatoms. The highest BCUT2D eigenvalue weighted by Crippen LogP contribution is 2.08. The van der Waals surface area contributed by atoms with E-state index in [1.165, 1.54) is 11.3 Å². The van der Waals surface area contributed by atoms with Crippen molar-refractivity contribution in [3.63, 3.8) is 0 Å². The Morgan fingerprint density at radius 3 is 2.80 bits per heavy atom. The zero-order valence-corrected chi connectivity index (χ0v) is 10.2. The van der Waals surface area contributed by atoms with Crippen molar-refractivity contribution in [3.8, 4) is 0 Å². The maximum atomic E-state index is 4.35. The maximum Gasteiger partial charge on any atom is 0.0617 e. The molecular formula is C12H21N3. The first-order valence-electron chi connectivity index (χ1n) is 5.39. The first kappa shape index (κ1) is 12.0. The van der Waals surface area contributed by atoms with Gasteiger partial charge in [0.05, 0.1) is 12.7 Å². The van der Waals surface area contributed by atoms with Crippen LogP contribution in [0.15, 0.2) is 18.3 Å². The van der Waals surface area contributed by atoms with Crippen molar-refractivity contribution in [3.05, 3.63) is 29.6 Å². The average Bonchev–Trinajstić information content (AvgIpc) is 2.44. The van der Waals surface area contributed by atoms with Crippen LogP contribution in [0.5, 0.6) is 0 Å². The summed E-state index contributed by atoms with van der Waals surface area (Å²) in [6.45, 7) is 14.0. The topological polar surface area (TPSA) is 29.9 Å². The van der Waals surface area contributed by atoms with Crippen molar-refractivity contribution in [2.24, 2.45) is 0 Å². The van der Waals surface area contributed by atoms with E-state index < -0.39 is 0 Å². The predicted molar refractivity (Wildman–Crippen MR) is 63.8 cm³/mol. The van der Waals surface area contributed by atoms with E-state index in [0.717, 1.165) is 18.7 Å². The molecule has 0 radical (unpaired) electrons. The van der Waals surface area contributed by atoms with E-state index in [4.69, 9.17) is 0 Å². The first-order chi connectivity index (χ1) is 7.00. The summed E-state index contributed by atoms with van der Waals surface area (Å²) in [7, 11) is 0. The molecule has 1 aromatic rings. The van der Waals surface area contributed by atoms with Gasteiger partial charge in [-0.25, -0.2) is 0 Å². The largest absolute Gasteiger partial charge is 0.310 e. The quantitative estimate of drug-likeness (QED) is 0.751. The third kappa shape index (κ3) is 3.51. The monoisotopic (exact) mass is 207 g/mol. The van der Waals surface area contributed by atoms with E-state index in [9.17, 15) is 0 Å². The third-order valence-electron chi connectivity index (χ3n) is 2.33. The second kappa shape index (κ2) is 5.12. The summed E-state index contributed by atoms with van der Waals surface area (Å²) in [6.07, 6.45) is 1.94. The second-order valence-corrected chi connectivity index (χ2v) is 4.41. The summed E-state index contributed by atoms with van der Waals surface area (Å²) >= 11 is 0. The molecule has 0 aliphatic carbocycles. The van der Waals surface area contributed by atoms with Gasteiger partial charge in [0.25, 0.3) is 0 Å². The standard InChI is InChI=1S/C12H21N3/c1-9(2)8-15-11(5)12(7-14-15)6-13-10(3)4/h7,10,13H,1,6,8H2,2-5H3. The highest BCUT2D eigenvalue weighted by atomic mass is 15.3. The van der Waals surface area contributed by atoms with Crippen molar-refractivity contribution in [1.82, 2.24) is 15.1 Å². The van der Waals surface area contributed by atoms with Crippen LogP contribution in [0.4, 0.5) is 0 Å². The summed E-state index contributed by atoms with van der Waals surface area (Å²) in [5.41, 5.74) is 3.63. The van der Waals surface area contributed by atoms with Crippen LogP contribution < -0.4 is 5.32 Å². The Labute approximate surface area is 92.2 Å². The lowest BCUT2D eigenvalue weighted by Gasteiger charge is -2.08. The average molecular weight is 207 g/mol. The van der Waals surface area contributed by atoms with Crippen LogP contribution in [0, 0.1) is 6.92 Å². The fourth-order valence-electron chi connectivity index (χ4n) is 1.39. The molecule has 0 saturated heterocycles. The van der Waals surface area contributed by atoms with Crippen molar-refractivity contribution >= 4 is 0 Å². The highest BCUT2D eigenvalue weighted by Gasteiger charge is 2.06. The normalized spacial score (nSPS) is 11.0. The van der Waals surface area contributed by atoms with Crippen molar-refractivity contribution in [2.75, 3.05) is 0 Å². The van der Waals surface area contributed by atoms with E-state index >= 15 is 0 Å². The number of hydrogen-bond donors (Lipinski definition) is 1. The molecule has 1 aromatic heterocycles. The molecule has 15 heavy (non-hydrogen) atoms. The fourth-order valence-corrected chi connectivity index (χ4v) is 1.39. The van der Waals surface area contributed by atoms with Gasteiger partial charge in [-0.1, -0.05) is 26.0 Å². The smallest absolute Gasteiger partial charge is 0.0617 e. The molecule has 0 amide bonds. The van der Waals surface area contributed by atoms with Crippen molar-refractivity contribution in [1.29, 1.82) is 0 Å². The number of allylic oxidation sites excluding steroid dienone is 1. The maximum absolute atomic E-state index is 4.35. The van der Waals surface area contributed by atoms with Gasteiger partial charge >= 0.3 is 0 Å². The number of rotatable bonds is 5. The molecule has 0 spiro atoms. The minimum atomic E-state index is 0.508. The van der Waals surface area contributed by atoms with Crippen LogP contribution in [-0.4, -0.2) is 15.8 Å². The van der Waals surface area contributed by atoms with E-state index in [1.807, 2.05) is 17.8 Å². The molecule has 0 fully saturated rings. The summed E-state index contributed by atoms with van der Waals surface area (Å²) < 4.78 is 2.00. The van der Waals surface area contributed by atoms with Gasteiger partial charge in [0.15, 0.2) is 0 Å². The molecule has 0 saturated carbocycles. The third-order valence-corrected chi connectivity index (χ3v) is 2.33. The molecule has 1 heterocycles. The van der Waals surface area contributed by atoms with Gasteiger partial charge in [-0.3, -0.25) is 4.68 Å². The van der Waals surface area contributed by atoms with Crippen LogP contribution in [0.1, 0.15) is 32.0 Å². The molecule has 84 valence electrons. The minimum Gasteiger partial charge on any atom is -0.310 e. The Bertz CT molecular complexity index is 337. The lowest BCUT2D eigenvalue weighted by atomic mass is 10.2. The summed E-state index contributed by atoms with van der Waals surface area (Å²) in [5.74, 6) is 0. The molecule has 1 N–H and O–H groups in total. The van der Waals surface area contributed by atoms with E-state index in [0.29, 0.717) is 6.04 Å². The molecule has 3 nitrogen and oxygen atoms in total. The number of nitrogens with zero attached hydrogens (tertiary/aromatic N) is 2. The summed E-state index contributed by atoms with van der Waals surface area (Å²) in [5, 5.41) is 7.74. The Balaban J connectivity index is 2.66. The van der Waals surface area contributed by atoms with Gasteiger partial charge < -0.3 is 5.32 Å². The number of aromatic nitrogens is 2. The number of nitrogens with one attached hydrogen (secondary N) is 1. The Hall–Kier alpha value is -1.09. The van der Waals surface area contributed by atoms with Gasteiger partial charge in [-0.15, -0.1) is 0 Å². The predicted octanol–water partition coefficient (Wildman–Crippen LogP) is 2.27. The lowest BCUT2D eigenvalue weighted by molar-refractivity contribution is 0.585. The molecule has 0 aromatic carbocycles. The van der Waals surface area contributed by atoms with Crippen LogP contribution in [0.2, 0.25) is 0 Å². The molecule has 0 unspecified atom stereocenters.